The first-order chi connectivity index (χ1) is 14.6. The second-order valence-corrected chi connectivity index (χ2v) is 8.65. The van der Waals surface area contributed by atoms with Gasteiger partial charge in [0.2, 0.25) is 11.1 Å². The van der Waals surface area contributed by atoms with E-state index in [1.54, 1.807) is 12.1 Å². The van der Waals surface area contributed by atoms with Crippen molar-refractivity contribution >= 4 is 23.4 Å². The highest BCUT2D eigenvalue weighted by molar-refractivity contribution is 7.99. The number of carbonyl (C=O) groups excluding carboxylic acids is 1. The number of amides is 1. The van der Waals surface area contributed by atoms with E-state index >= 15 is 0 Å². The zero-order valence-corrected chi connectivity index (χ0v) is 18.1. The van der Waals surface area contributed by atoms with Gasteiger partial charge in [0.15, 0.2) is 5.82 Å². The molecule has 2 aromatic carbocycles. The summed E-state index contributed by atoms with van der Waals surface area (Å²) in [6.45, 7) is 3.35. The lowest BCUT2D eigenvalue weighted by atomic mass is 9.86. The molecular formula is C21H23F2N5O2S. The molecule has 164 valence electrons. The Morgan fingerprint density at radius 2 is 1.84 bits per heavy atom. The fourth-order valence-corrected chi connectivity index (χ4v) is 3.58. The van der Waals surface area contributed by atoms with Gasteiger partial charge in [0.25, 0.3) is 0 Å². The fourth-order valence-electron chi connectivity index (χ4n) is 2.92. The smallest absolute Gasteiger partial charge is 0.387 e. The van der Waals surface area contributed by atoms with Gasteiger partial charge in [-0.2, -0.15) is 8.78 Å². The number of para-hydroxylation sites is 1. The summed E-state index contributed by atoms with van der Waals surface area (Å²) in [7, 11) is 0. The van der Waals surface area contributed by atoms with E-state index in [0.29, 0.717) is 16.5 Å². The lowest BCUT2D eigenvalue weighted by Gasteiger charge is -2.22. The topological polar surface area (TPSA) is 95.1 Å². The van der Waals surface area contributed by atoms with Crippen molar-refractivity contribution in [1.29, 1.82) is 0 Å². The Morgan fingerprint density at radius 3 is 2.48 bits per heavy atom. The van der Waals surface area contributed by atoms with Gasteiger partial charge in [-0.25, -0.2) is 4.68 Å². The van der Waals surface area contributed by atoms with Crippen molar-refractivity contribution in [2.24, 2.45) is 0 Å². The minimum atomic E-state index is -2.89. The van der Waals surface area contributed by atoms with E-state index < -0.39 is 6.61 Å². The maximum atomic E-state index is 12.5. The van der Waals surface area contributed by atoms with Gasteiger partial charge in [0.05, 0.1) is 5.75 Å². The summed E-state index contributed by atoms with van der Waals surface area (Å²) in [6.07, 6.45) is 0. The van der Waals surface area contributed by atoms with Gasteiger partial charge in [-0.3, -0.25) is 4.79 Å². The van der Waals surface area contributed by atoms with Crippen molar-refractivity contribution < 1.29 is 18.3 Å². The summed E-state index contributed by atoms with van der Waals surface area (Å²) in [5.41, 5.74) is 2.27. The highest BCUT2D eigenvalue weighted by Gasteiger charge is 2.19. The Labute approximate surface area is 183 Å². The number of halogens is 2. The molecule has 0 aliphatic carbocycles. The number of anilines is 1. The van der Waals surface area contributed by atoms with E-state index in [-0.39, 0.29) is 22.8 Å². The summed E-state index contributed by atoms with van der Waals surface area (Å²) < 4.78 is 30.1. The quantitative estimate of drug-likeness (QED) is 0.414. The number of nitrogens with one attached hydrogen (secondary N) is 1. The zero-order chi connectivity index (χ0) is 22.6. The van der Waals surface area contributed by atoms with Crippen LogP contribution >= 0.6 is 11.8 Å². The molecular weight excluding hydrogens is 424 g/mol. The molecule has 0 saturated heterocycles. The molecule has 3 N–H and O–H groups in total. The Kier molecular flexibility index (Phi) is 6.79. The summed E-state index contributed by atoms with van der Waals surface area (Å²) in [6, 6.07) is 13.6. The molecule has 0 fully saturated rings. The van der Waals surface area contributed by atoms with Crippen molar-refractivity contribution in [3.8, 4) is 17.1 Å². The number of rotatable bonds is 7. The average Bonchev–Trinajstić information content (AvgIpc) is 3.06. The van der Waals surface area contributed by atoms with E-state index in [9.17, 15) is 13.6 Å². The largest absolute Gasteiger partial charge is 0.435 e. The van der Waals surface area contributed by atoms with Crippen molar-refractivity contribution in [3.05, 3.63) is 54.1 Å². The van der Waals surface area contributed by atoms with E-state index in [2.05, 4.69) is 41.0 Å². The molecule has 1 heterocycles. The molecule has 31 heavy (non-hydrogen) atoms. The predicted octanol–water partition coefficient (Wildman–Crippen LogP) is 4.29. The van der Waals surface area contributed by atoms with Crippen LogP contribution in [0.5, 0.6) is 5.75 Å². The number of alkyl halides is 2. The number of carbonyl (C=O) groups is 1. The third-order valence-electron chi connectivity index (χ3n) is 4.34. The third-order valence-corrected chi connectivity index (χ3v) is 5.29. The average molecular weight is 448 g/mol. The molecule has 0 radical (unpaired) electrons. The van der Waals surface area contributed by atoms with Crippen LogP contribution in [0.2, 0.25) is 0 Å². The Morgan fingerprint density at radius 1 is 1.16 bits per heavy atom. The van der Waals surface area contributed by atoms with Crippen molar-refractivity contribution in [2.75, 3.05) is 16.9 Å². The van der Waals surface area contributed by atoms with Crippen LogP contribution in [-0.4, -0.2) is 33.1 Å². The Bertz CT molecular complexity index is 1050. The summed E-state index contributed by atoms with van der Waals surface area (Å²) in [5.74, 6) is 6.33. The van der Waals surface area contributed by atoms with Gasteiger partial charge < -0.3 is 15.9 Å². The van der Waals surface area contributed by atoms with Gasteiger partial charge in [0, 0.05) is 11.3 Å². The van der Waals surface area contributed by atoms with Crippen LogP contribution in [0.4, 0.5) is 14.5 Å². The summed E-state index contributed by atoms with van der Waals surface area (Å²) in [5, 5.41) is 11.3. The first-order valence-corrected chi connectivity index (χ1v) is 10.4. The number of nitrogen functional groups attached to an aromatic ring is 1. The number of ether oxygens (including phenoxy) is 1. The van der Waals surface area contributed by atoms with Crippen LogP contribution in [0.1, 0.15) is 26.3 Å². The first kappa shape index (κ1) is 22.5. The predicted molar refractivity (Wildman–Crippen MR) is 117 cm³/mol. The number of hydrogen-bond acceptors (Lipinski definition) is 6. The number of nitrogens with zero attached hydrogens (tertiary/aromatic N) is 3. The zero-order valence-electron chi connectivity index (χ0n) is 17.3. The Balaban J connectivity index is 1.65. The number of nitrogens with two attached hydrogens (primary N) is 1. The molecule has 0 aliphatic heterocycles. The molecule has 3 aromatic rings. The minimum Gasteiger partial charge on any atom is -0.435 e. The van der Waals surface area contributed by atoms with Crippen LogP contribution in [0.15, 0.2) is 53.7 Å². The normalized spacial score (nSPS) is 11.5. The van der Waals surface area contributed by atoms with Crippen LogP contribution < -0.4 is 15.9 Å². The van der Waals surface area contributed by atoms with E-state index in [4.69, 9.17) is 5.84 Å². The van der Waals surface area contributed by atoms with Crippen LogP contribution in [-0.2, 0) is 10.2 Å². The standard InChI is InChI=1S/C21H23F2N5O2S/c1-21(2,3)15-6-4-5-7-16(15)25-17(29)12-31-20-27-26-18(28(20)24)13-8-10-14(11-9-13)30-19(22)23/h4-11,19H,12,24H2,1-3H3,(H,25,29). The molecule has 10 heteroatoms. The lowest BCUT2D eigenvalue weighted by Crippen LogP contribution is -2.20. The van der Waals surface area contributed by atoms with Gasteiger partial charge >= 0.3 is 6.61 Å². The molecule has 0 spiro atoms. The summed E-state index contributed by atoms with van der Waals surface area (Å²) >= 11 is 1.14. The first-order valence-electron chi connectivity index (χ1n) is 9.43. The third kappa shape index (κ3) is 5.72. The monoisotopic (exact) mass is 447 g/mol. The maximum Gasteiger partial charge on any atom is 0.387 e. The number of thioether (sulfide) groups is 1. The van der Waals surface area contributed by atoms with Crippen molar-refractivity contribution in [3.63, 3.8) is 0 Å². The molecule has 0 aliphatic rings. The van der Waals surface area contributed by atoms with E-state index in [1.165, 1.54) is 16.8 Å². The molecule has 1 aromatic heterocycles. The molecule has 3 rings (SSSR count). The van der Waals surface area contributed by atoms with Crippen LogP contribution in [0, 0.1) is 0 Å². The van der Waals surface area contributed by atoms with Gasteiger partial charge in [-0.05, 0) is 41.3 Å². The van der Waals surface area contributed by atoms with Crippen molar-refractivity contribution in [2.45, 2.75) is 38.0 Å². The SMILES string of the molecule is CC(C)(C)c1ccccc1NC(=O)CSc1nnc(-c2ccc(OC(F)F)cc2)n1N. The number of benzene rings is 2. The van der Waals surface area contributed by atoms with Crippen LogP contribution in [0.3, 0.4) is 0 Å². The highest BCUT2D eigenvalue weighted by atomic mass is 32.2. The lowest BCUT2D eigenvalue weighted by molar-refractivity contribution is -0.113. The molecule has 0 unspecified atom stereocenters. The van der Waals surface area contributed by atoms with E-state index in [0.717, 1.165) is 23.0 Å². The second-order valence-electron chi connectivity index (χ2n) is 7.71. The second kappa shape index (κ2) is 9.34. The van der Waals surface area contributed by atoms with Gasteiger partial charge in [-0.1, -0.05) is 50.7 Å². The van der Waals surface area contributed by atoms with Crippen molar-refractivity contribution in [1.82, 2.24) is 14.9 Å². The molecule has 0 bridgehead atoms. The highest BCUT2D eigenvalue weighted by Crippen LogP contribution is 2.30. The molecule has 0 saturated carbocycles. The minimum absolute atomic E-state index is 0.0312. The molecule has 1 amide bonds. The molecule has 0 atom stereocenters. The molecule has 7 nitrogen and oxygen atoms in total. The summed E-state index contributed by atoms with van der Waals surface area (Å²) in [4.78, 5) is 12.5. The Hall–Kier alpha value is -3.14. The van der Waals surface area contributed by atoms with E-state index in [1.807, 2.05) is 24.3 Å². The maximum absolute atomic E-state index is 12.5. The number of hydrogen-bond donors (Lipinski definition) is 2. The fraction of sp³-hybridized carbons (Fsp3) is 0.286. The van der Waals surface area contributed by atoms with Gasteiger partial charge in [0.1, 0.15) is 5.75 Å². The number of aromatic nitrogens is 3. The van der Waals surface area contributed by atoms with Crippen LogP contribution in [0.25, 0.3) is 11.4 Å². The van der Waals surface area contributed by atoms with Gasteiger partial charge in [-0.15, -0.1) is 10.2 Å².